The first kappa shape index (κ1) is 68.9. The van der Waals surface area contributed by atoms with E-state index in [1.165, 1.54) is 302 Å². The van der Waals surface area contributed by atoms with Crippen molar-refractivity contribution in [2.75, 3.05) is 13.2 Å². The first-order valence-corrected chi connectivity index (χ1v) is 32.3. The summed E-state index contributed by atoms with van der Waals surface area (Å²) in [7, 11) is 0. The third kappa shape index (κ3) is 56.2. The average Bonchev–Trinajstić information content (AvgIpc) is 3.36. The Bertz CT molecular complexity index is 1010. The number of unbranched alkanes of at least 4 members (excludes halogenated alkanes) is 50. The van der Waals surface area contributed by atoms with E-state index in [9.17, 15) is 19.8 Å². The Morgan fingerprint density at radius 3 is 0.871 bits per heavy atom. The van der Waals surface area contributed by atoms with Crippen LogP contribution in [-0.2, 0) is 14.3 Å². The highest BCUT2D eigenvalue weighted by Crippen LogP contribution is 2.19. The summed E-state index contributed by atoms with van der Waals surface area (Å²) < 4.78 is 5.48. The maximum atomic E-state index is 12.5. The van der Waals surface area contributed by atoms with E-state index < -0.39 is 12.1 Å². The lowest BCUT2D eigenvalue weighted by Crippen LogP contribution is -2.45. The Morgan fingerprint density at radius 2 is 0.586 bits per heavy atom. The second-order valence-electron chi connectivity index (χ2n) is 22.5. The first-order chi connectivity index (χ1) is 34.5. The summed E-state index contributed by atoms with van der Waals surface area (Å²) in [5.41, 5.74) is 0. The summed E-state index contributed by atoms with van der Waals surface area (Å²) in [5, 5.41) is 23.4. The van der Waals surface area contributed by atoms with E-state index in [4.69, 9.17) is 4.74 Å². The second-order valence-corrected chi connectivity index (χ2v) is 22.5. The molecule has 0 rings (SSSR count). The fraction of sp³-hybridized carbons (Fsp3) is 0.969. The van der Waals surface area contributed by atoms with Crippen LogP contribution in [0.5, 0.6) is 0 Å². The van der Waals surface area contributed by atoms with Crippen LogP contribution in [0.25, 0.3) is 0 Å². The van der Waals surface area contributed by atoms with E-state index in [1.807, 2.05) is 0 Å². The number of aliphatic hydroxyl groups excluding tert-OH is 2. The number of nitrogens with one attached hydrogen (secondary N) is 1. The van der Waals surface area contributed by atoms with E-state index in [0.29, 0.717) is 25.9 Å². The van der Waals surface area contributed by atoms with Crippen molar-refractivity contribution in [1.82, 2.24) is 5.32 Å². The van der Waals surface area contributed by atoms with Gasteiger partial charge in [0.1, 0.15) is 0 Å². The average molecular weight is 991 g/mol. The number of hydrogen-bond acceptors (Lipinski definition) is 5. The number of carbonyl (C=O) groups excluding carboxylic acids is 2. The maximum absolute atomic E-state index is 12.5. The van der Waals surface area contributed by atoms with Gasteiger partial charge in [-0.1, -0.05) is 335 Å². The molecule has 0 saturated carbocycles. The van der Waals surface area contributed by atoms with Gasteiger partial charge in [0.25, 0.3) is 0 Å². The van der Waals surface area contributed by atoms with Crippen molar-refractivity contribution in [1.29, 1.82) is 0 Å². The molecule has 0 bridgehead atoms. The smallest absolute Gasteiger partial charge is 0.305 e. The predicted octanol–water partition coefficient (Wildman–Crippen LogP) is 20.3. The zero-order chi connectivity index (χ0) is 50.7. The molecule has 0 aromatic rings. The van der Waals surface area contributed by atoms with Crippen molar-refractivity contribution < 1.29 is 24.5 Å². The third-order valence-corrected chi connectivity index (χ3v) is 15.4. The molecule has 1 amide bonds. The lowest BCUT2D eigenvalue weighted by Gasteiger charge is -2.22. The highest BCUT2D eigenvalue weighted by molar-refractivity contribution is 5.76. The van der Waals surface area contributed by atoms with E-state index >= 15 is 0 Å². The molecule has 0 spiro atoms. The van der Waals surface area contributed by atoms with Crippen molar-refractivity contribution in [3.05, 3.63) is 0 Å². The van der Waals surface area contributed by atoms with Crippen LogP contribution in [0.2, 0.25) is 0 Å². The van der Waals surface area contributed by atoms with E-state index in [0.717, 1.165) is 38.5 Å². The Labute approximate surface area is 438 Å². The van der Waals surface area contributed by atoms with Crippen molar-refractivity contribution in [2.24, 2.45) is 0 Å². The first-order valence-electron chi connectivity index (χ1n) is 32.3. The zero-order valence-electron chi connectivity index (χ0n) is 47.8. The molecule has 0 aliphatic carbocycles. The van der Waals surface area contributed by atoms with Gasteiger partial charge in [0.2, 0.25) is 5.91 Å². The molecule has 0 aliphatic rings. The molecule has 0 aliphatic heterocycles. The molecule has 6 heteroatoms. The van der Waals surface area contributed by atoms with E-state index in [2.05, 4.69) is 19.2 Å². The second kappa shape index (κ2) is 60.4. The topological polar surface area (TPSA) is 95.9 Å². The molecule has 70 heavy (non-hydrogen) atoms. The molecule has 0 fully saturated rings. The Kier molecular flexibility index (Phi) is 59.4. The molecule has 3 N–H and O–H groups in total. The normalized spacial score (nSPS) is 12.5. The molecule has 418 valence electrons. The Morgan fingerprint density at radius 1 is 0.343 bits per heavy atom. The molecule has 0 heterocycles. The monoisotopic (exact) mass is 990 g/mol. The summed E-state index contributed by atoms with van der Waals surface area (Å²) in [5.74, 6) is -0.0139. The molecular weight excluding hydrogens is 863 g/mol. The summed E-state index contributed by atoms with van der Waals surface area (Å²) in [6.07, 6.45) is 71.2. The van der Waals surface area contributed by atoms with Crippen LogP contribution < -0.4 is 5.32 Å². The van der Waals surface area contributed by atoms with Gasteiger partial charge in [-0.25, -0.2) is 0 Å². The molecule has 0 aromatic heterocycles. The number of rotatable bonds is 61. The quantitative estimate of drug-likeness (QED) is 0.0417. The number of ether oxygens (including phenoxy) is 1. The van der Waals surface area contributed by atoms with E-state index in [-0.39, 0.29) is 18.5 Å². The van der Waals surface area contributed by atoms with Gasteiger partial charge < -0.3 is 20.3 Å². The minimum Gasteiger partial charge on any atom is -0.466 e. The van der Waals surface area contributed by atoms with Gasteiger partial charge in [-0.2, -0.15) is 0 Å². The number of aliphatic hydroxyl groups is 2. The summed E-state index contributed by atoms with van der Waals surface area (Å²) in [6, 6.07) is -0.540. The fourth-order valence-electron chi connectivity index (χ4n) is 10.5. The predicted molar refractivity (Wildman–Crippen MR) is 306 cm³/mol. The van der Waals surface area contributed by atoms with Crippen molar-refractivity contribution in [3.63, 3.8) is 0 Å². The molecule has 2 atom stereocenters. The summed E-state index contributed by atoms with van der Waals surface area (Å²) in [4.78, 5) is 24.5. The van der Waals surface area contributed by atoms with Gasteiger partial charge >= 0.3 is 5.97 Å². The van der Waals surface area contributed by atoms with Crippen LogP contribution in [0, 0.1) is 0 Å². The minimum absolute atomic E-state index is 0.0162. The van der Waals surface area contributed by atoms with Gasteiger partial charge in [-0.05, 0) is 25.7 Å². The van der Waals surface area contributed by atoms with Crippen molar-refractivity contribution in [2.45, 2.75) is 386 Å². The standard InChI is InChI=1S/C64H127NO5/c1-3-5-7-9-11-13-15-17-18-19-27-30-33-36-40-44-48-52-56-62(67)61(60-66)65-63(68)57-53-49-45-41-37-34-31-28-25-23-21-20-22-24-26-29-32-35-39-43-47-51-55-59-70-64(69)58-54-50-46-42-38-16-14-12-10-8-6-4-2/h61-62,66-67H,3-60H2,1-2H3,(H,65,68). The zero-order valence-corrected chi connectivity index (χ0v) is 47.8. The molecule has 0 aromatic carbocycles. The SMILES string of the molecule is CCCCCCCCCCCCCCCCCCCCC(O)C(CO)NC(=O)CCCCCCCCCCCCCCCCCCCCCCCCCOC(=O)CCCCCCCCCCCCCC. The fourth-order valence-corrected chi connectivity index (χ4v) is 10.5. The van der Waals surface area contributed by atoms with Gasteiger partial charge in [-0.15, -0.1) is 0 Å². The molecule has 0 radical (unpaired) electrons. The van der Waals surface area contributed by atoms with Gasteiger partial charge in [-0.3, -0.25) is 9.59 Å². The Balaban J connectivity index is 3.36. The highest BCUT2D eigenvalue weighted by atomic mass is 16.5. The number of amides is 1. The van der Waals surface area contributed by atoms with Crippen LogP contribution >= 0.6 is 0 Å². The van der Waals surface area contributed by atoms with Crippen LogP contribution in [0.4, 0.5) is 0 Å². The van der Waals surface area contributed by atoms with Crippen molar-refractivity contribution in [3.8, 4) is 0 Å². The van der Waals surface area contributed by atoms with Gasteiger partial charge in [0.15, 0.2) is 0 Å². The molecule has 6 nitrogen and oxygen atoms in total. The number of carbonyl (C=O) groups is 2. The summed E-state index contributed by atoms with van der Waals surface area (Å²) >= 11 is 0. The minimum atomic E-state index is -0.663. The van der Waals surface area contributed by atoms with Crippen molar-refractivity contribution >= 4 is 11.9 Å². The third-order valence-electron chi connectivity index (χ3n) is 15.4. The lowest BCUT2D eigenvalue weighted by molar-refractivity contribution is -0.143. The van der Waals surface area contributed by atoms with Gasteiger partial charge in [0.05, 0.1) is 25.4 Å². The van der Waals surface area contributed by atoms with Crippen LogP contribution in [0.3, 0.4) is 0 Å². The van der Waals surface area contributed by atoms with Crippen LogP contribution in [0.15, 0.2) is 0 Å². The largest absolute Gasteiger partial charge is 0.466 e. The lowest BCUT2D eigenvalue weighted by atomic mass is 10.0. The highest BCUT2D eigenvalue weighted by Gasteiger charge is 2.20. The molecular formula is C64H127NO5. The van der Waals surface area contributed by atoms with Gasteiger partial charge in [0, 0.05) is 12.8 Å². The number of esters is 1. The van der Waals surface area contributed by atoms with Crippen LogP contribution in [0.1, 0.15) is 373 Å². The number of hydrogen-bond donors (Lipinski definition) is 3. The Hall–Kier alpha value is -1.14. The molecule has 2 unspecified atom stereocenters. The summed E-state index contributed by atoms with van der Waals surface area (Å²) in [6.45, 7) is 4.99. The van der Waals surface area contributed by atoms with Crippen LogP contribution in [-0.4, -0.2) is 47.4 Å². The van der Waals surface area contributed by atoms with E-state index in [1.54, 1.807) is 0 Å². The maximum Gasteiger partial charge on any atom is 0.305 e. The molecule has 0 saturated heterocycles.